The van der Waals surface area contributed by atoms with Crippen molar-refractivity contribution in [2.75, 3.05) is 55.0 Å². The van der Waals surface area contributed by atoms with E-state index in [1.54, 1.807) is 12.5 Å². The number of hydrogen-bond acceptors (Lipinski definition) is 6. The Morgan fingerprint density at radius 3 is 2.39 bits per heavy atom. The zero-order valence-electron chi connectivity index (χ0n) is 13.1. The van der Waals surface area contributed by atoms with Crippen LogP contribution in [0.5, 0.6) is 0 Å². The summed E-state index contributed by atoms with van der Waals surface area (Å²) in [6.45, 7) is 3.55. The second-order valence-electron chi connectivity index (χ2n) is 5.56. The molecule has 1 aliphatic heterocycles. The molecular weight excluding hydrogens is 380 g/mol. The predicted octanol–water partition coefficient (Wildman–Crippen LogP) is 2.68. The highest BCUT2D eigenvalue weighted by atomic mass is 79.9. The smallest absolute Gasteiger partial charge is 0.143 e. The lowest BCUT2D eigenvalue weighted by atomic mass is 10.3. The maximum atomic E-state index is 5.96. The molecule has 3 heterocycles. The summed E-state index contributed by atoms with van der Waals surface area (Å²) in [5.41, 5.74) is 0. The van der Waals surface area contributed by atoms with E-state index in [0.29, 0.717) is 5.02 Å². The molecule has 2 aromatic heterocycles. The highest BCUT2D eigenvalue weighted by Crippen LogP contribution is 2.28. The number of anilines is 3. The first kappa shape index (κ1) is 16.3. The van der Waals surface area contributed by atoms with Gasteiger partial charge in [0.1, 0.15) is 23.8 Å². The molecule has 0 atom stereocenters. The molecule has 0 N–H and O–H groups in total. The summed E-state index contributed by atoms with van der Waals surface area (Å²) in [6, 6.07) is 3.90. The minimum Gasteiger partial charge on any atom is -0.363 e. The molecule has 122 valence electrons. The summed E-state index contributed by atoms with van der Waals surface area (Å²) in [7, 11) is 3.96. The lowest BCUT2D eigenvalue weighted by Gasteiger charge is -2.36. The predicted molar refractivity (Wildman–Crippen MR) is 97.7 cm³/mol. The third kappa shape index (κ3) is 3.67. The largest absolute Gasteiger partial charge is 0.363 e. The lowest BCUT2D eigenvalue weighted by molar-refractivity contribution is 0.640. The molecule has 8 heteroatoms. The molecule has 0 aliphatic carbocycles. The highest BCUT2D eigenvalue weighted by Gasteiger charge is 2.21. The molecule has 2 aromatic rings. The first-order valence-corrected chi connectivity index (χ1v) is 8.52. The monoisotopic (exact) mass is 396 g/mol. The maximum absolute atomic E-state index is 5.96. The van der Waals surface area contributed by atoms with E-state index in [1.165, 1.54) is 0 Å². The van der Waals surface area contributed by atoms with Gasteiger partial charge in [0.25, 0.3) is 0 Å². The van der Waals surface area contributed by atoms with Crippen LogP contribution in [0.3, 0.4) is 0 Å². The summed E-state index contributed by atoms with van der Waals surface area (Å²) in [5, 5.41) is 0.636. The standard InChI is InChI=1S/C15H18BrClN6/c1-21(2)13-8-14(20-10-19-13)22-3-5-23(6-4-22)15-12(16)7-11(17)9-18-15/h7-10H,3-6H2,1-2H3. The van der Waals surface area contributed by atoms with Gasteiger partial charge in [0.2, 0.25) is 0 Å². The lowest BCUT2D eigenvalue weighted by Crippen LogP contribution is -2.47. The molecule has 0 saturated carbocycles. The Morgan fingerprint density at radius 2 is 1.74 bits per heavy atom. The molecule has 0 amide bonds. The Bertz CT molecular complexity index is 687. The molecule has 0 aromatic carbocycles. The van der Waals surface area contributed by atoms with Crippen LogP contribution in [0.15, 0.2) is 29.1 Å². The van der Waals surface area contributed by atoms with Crippen molar-refractivity contribution in [1.82, 2.24) is 15.0 Å². The van der Waals surface area contributed by atoms with Crippen molar-refractivity contribution < 1.29 is 0 Å². The Labute approximate surface area is 149 Å². The number of nitrogens with zero attached hydrogens (tertiary/aromatic N) is 6. The summed E-state index contributed by atoms with van der Waals surface area (Å²) < 4.78 is 0.926. The molecule has 0 spiro atoms. The second kappa shape index (κ2) is 6.88. The van der Waals surface area contributed by atoms with Crippen LogP contribution in [0, 0.1) is 0 Å². The number of piperazine rings is 1. The van der Waals surface area contributed by atoms with Gasteiger partial charge in [0.05, 0.1) is 9.50 Å². The van der Waals surface area contributed by atoms with Gasteiger partial charge in [-0.25, -0.2) is 15.0 Å². The van der Waals surface area contributed by atoms with Crippen molar-refractivity contribution in [2.45, 2.75) is 0 Å². The third-order valence-electron chi connectivity index (χ3n) is 3.79. The number of aromatic nitrogens is 3. The van der Waals surface area contributed by atoms with Crippen molar-refractivity contribution >= 4 is 45.0 Å². The molecular formula is C15H18BrClN6. The first-order chi connectivity index (χ1) is 11.0. The number of rotatable bonds is 3. The van der Waals surface area contributed by atoms with Crippen molar-refractivity contribution in [2.24, 2.45) is 0 Å². The van der Waals surface area contributed by atoms with E-state index in [4.69, 9.17) is 11.6 Å². The molecule has 1 fully saturated rings. The molecule has 3 rings (SSSR count). The fourth-order valence-electron chi connectivity index (χ4n) is 2.54. The normalized spacial score (nSPS) is 15.0. The van der Waals surface area contributed by atoms with E-state index in [0.717, 1.165) is 48.1 Å². The van der Waals surface area contributed by atoms with Gasteiger partial charge in [0, 0.05) is 52.5 Å². The Balaban J connectivity index is 1.70. The Hall–Kier alpha value is -1.60. The molecule has 0 unspecified atom stereocenters. The van der Waals surface area contributed by atoms with Crippen LogP contribution in [0.2, 0.25) is 5.02 Å². The van der Waals surface area contributed by atoms with Gasteiger partial charge >= 0.3 is 0 Å². The van der Waals surface area contributed by atoms with E-state index < -0.39 is 0 Å². The Morgan fingerprint density at radius 1 is 1.04 bits per heavy atom. The topological polar surface area (TPSA) is 48.4 Å². The summed E-state index contributed by atoms with van der Waals surface area (Å²) in [4.78, 5) is 19.6. The van der Waals surface area contributed by atoms with Gasteiger partial charge in [-0.1, -0.05) is 11.6 Å². The van der Waals surface area contributed by atoms with E-state index >= 15 is 0 Å². The second-order valence-corrected chi connectivity index (χ2v) is 6.85. The molecule has 1 aliphatic rings. The summed E-state index contributed by atoms with van der Waals surface area (Å²) in [5.74, 6) is 2.82. The zero-order chi connectivity index (χ0) is 16.4. The van der Waals surface area contributed by atoms with Gasteiger partial charge in [-0.3, -0.25) is 0 Å². The third-order valence-corrected chi connectivity index (χ3v) is 4.58. The Kier molecular flexibility index (Phi) is 4.87. The molecule has 0 radical (unpaired) electrons. The summed E-state index contributed by atoms with van der Waals surface area (Å²) >= 11 is 9.50. The van der Waals surface area contributed by atoms with E-state index in [-0.39, 0.29) is 0 Å². The van der Waals surface area contributed by atoms with E-state index in [9.17, 15) is 0 Å². The van der Waals surface area contributed by atoms with Crippen LogP contribution < -0.4 is 14.7 Å². The van der Waals surface area contributed by atoms with Gasteiger partial charge in [-0.05, 0) is 22.0 Å². The maximum Gasteiger partial charge on any atom is 0.143 e. The van der Waals surface area contributed by atoms with Gasteiger partial charge in [-0.2, -0.15) is 0 Å². The minimum absolute atomic E-state index is 0.636. The van der Waals surface area contributed by atoms with E-state index in [2.05, 4.69) is 40.7 Å². The quantitative estimate of drug-likeness (QED) is 0.793. The zero-order valence-corrected chi connectivity index (χ0v) is 15.4. The van der Waals surface area contributed by atoms with Crippen LogP contribution in [-0.4, -0.2) is 55.2 Å². The fraction of sp³-hybridized carbons (Fsp3) is 0.400. The van der Waals surface area contributed by atoms with Crippen LogP contribution in [-0.2, 0) is 0 Å². The van der Waals surface area contributed by atoms with Crippen LogP contribution in [0.1, 0.15) is 0 Å². The van der Waals surface area contributed by atoms with Crippen LogP contribution in [0.25, 0.3) is 0 Å². The number of halogens is 2. The van der Waals surface area contributed by atoms with Crippen LogP contribution in [0.4, 0.5) is 17.5 Å². The van der Waals surface area contributed by atoms with Crippen molar-refractivity contribution in [3.05, 3.63) is 34.2 Å². The fourth-order valence-corrected chi connectivity index (χ4v) is 3.43. The number of hydrogen-bond donors (Lipinski definition) is 0. The van der Waals surface area contributed by atoms with Crippen molar-refractivity contribution in [1.29, 1.82) is 0 Å². The molecule has 23 heavy (non-hydrogen) atoms. The van der Waals surface area contributed by atoms with Gasteiger partial charge in [0.15, 0.2) is 0 Å². The first-order valence-electron chi connectivity index (χ1n) is 7.35. The van der Waals surface area contributed by atoms with Gasteiger partial charge < -0.3 is 14.7 Å². The summed E-state index contributed by atoms with van der Waals surface area (Å²) in [6.07, 6.45) is 3.30. The number of pyridine rings is 1. The average molecular weight is 398 g/mol. The minimum atomic E-state index is 0.636. The highest BCUT2D eigenvalue weighted by molar-refractivity contribution is 9.10. The van der Waals surface area contributed by atoms with E-state index in [1.807, 2.05) is 31.1 Å². The molecule has 6 nitrogen and oxygen atoms in total. The molecule has 1 saturated heterocycles. The van der Waals surface area contributed by atoms with Crippen molar-refractivity contribution in [3.63, 3.8) is 0 Å². The van der Waals surface area contributed by atoms with Crippen molar-refractivity contribution in [3.8, 4) is 0 Å². The average Bonchev–Trinajstić information content (AvgIpc) is 2.55. The van der Waals surface area contributed by atoms with Gasteiger partial charge in [-0.15, -0.1) is 0 Å². The van der Waals surface area contributed by atoms with Crippen LogP contribution >= 0.6 is 27.5 Å². The SMILES string of the molecule is CN(C)c1cc(N2CCN(c3ncc(Cl)cc3Br)CC2)ncn1. The molecule has 0 bridgehead atoms.